The Morgan fingerprint density at radius 2 is 2.12 bits per heavy atom. The van der Waals surface area contributed by atoms with E-state index >= 15 is 0 Å². The molecule has 0 N–H and O–H groups in total. The van der Waals surface area contributed by atoms with Crippen LogP contribution < -0.4 is 0 Å². The van der Waals surface area contributed by atoms with Crippen molar-refractivity contribution in [2.75, 3.05) is 13.6 Å². The van der Waals surface area contributed by atoms with E-state index in [9.17, 15) is 0 Å². The van der Waals surface area contributed by atoms with Crippen molar-refractivity contribution >= 4 is 0 Å². The van der Waals surface area contributed by atoms with E-state index in [0.717, 1.165) is 12.3 Å². The lowest BCUT2D eigenvalue weighted by Gasteiger charge is -2.31. The summed E-state index contributed by atoms with van der Waals surface area (Å²) in [7, 11) is 2.24. The SMILES string of the molecule is CC1CCn2cc(C3CCCCN3C)nc2C1. The van der Waals surface area contributed by atoms with Gasteiger partial charge in [0.15, 0.2) is 0 Å². The van der Waals surface area contributed by atoms with Crippen LogP contribution in [0.3, 0.4) is 0 Å². The predicted molar refractivity (Wildman–Crippen MR) is 68.9 cm³/mol. The molecule has 17 heavy (non-hydrogen) atoms. The fourth-order valence-corrected chi connectivity index (χ4v) is 3.22. The molecule has 1 fully saturated rings. The summed E-state index contributed by atoms with van der Waals surface area (Å²) in [6.07, 6.45) is 8.77. The number of piperidine rings is 1. The maximum absolute atomic E-state index is 4.90. The first-order valence-electron chi connectivity index (χ1n) is 7.00. The number of hydrogen-bond donors (Lipinski definition) is 0. The summed E-state index contributed by atoms with van der Waals surface area (Å²) in [4.78, 5) is 7.37. The van der Waals surface area contributed by atoms with Gasteiger partial charge in [-0.3, -0.25) is 4.90 Å². The van der Waals surface area contributed by atoms with Gasteiger partial charge in [0.1, 0.15) is 5.82 Å². The summed E-state index contributed by atoms with van der Waals surface area (Å²) in [5.41, 5.74) is 1.32. The van der Waals surface area contributed by atoms with Crippen molar-refractivity contribution in [3.63, 3.8) is 0 Å². The van der Waals surface area contributed by atoms with E-state index in [-0.39, 0.29) is 0 Å². The van der Waals surface area contributed by atoms with Crippen molar-refractivity contribution < 1.29 is 0 Å². The molecule has 3 nitrogen and oxygen atoms in total. The molecule has 2 aliphatic heterocycles. The molecule has 0 aliphatic carbocycles. The van der Waals surface area contributed by atoms with Gasteiger partial charge in [0.05, 0.1) is 11.7 Å². The largest absolute Gasteiger partial charge is 0.335 e. The second-order valence-electron chi connectivity index (χ2n) is 5.87. The van der Waals surface area contributed by atoms with Crippen molar-refractivity contribution in [2.24, 2.45) is 5.92 Å². The van der Waals surface area contributed by atoms with Gasteiger partial charge in [0, 0.05) is 19.2 Å². The number of hydrogen-bond acceptors (Lipinski definition) is 2. The minimum atomic E-state index is 0.567. The van der Waals surface area contributed by atoms with Crippen LogP contribution in [0.5, 0.6) is 0 Å². The molecule has 1 aromatic rings. The first-order valence-corrected chi connectivity index (χ1v) is 7.00. The van der Waals surface area contributed by atoms with Crippen LogP contribution in [0.2, 0.25) is 0 Å². The normalized spacial score (nSPS) is 30.2. The second-order valence-corrected chi connectivity index (χ2v) is 5.87. The summed E-state index contributed by atoms with van der Waals surface area (Å²) < 4.78 is 2.39. The molecule has 0 bridgehead atoms. The van der Waals surface area contributed by atoms with E-state index in [0.29, 0.717) is 6.04 Å². The van der Waals surface area contributed by atoms with Crippen LogP contribution in [0.4, 0.5) is 0 Å². The Morgan fingerprint density at radius 3 is 2.94 bits per heavy atom. The van der Waals surface area contributed by atoms with Crippen molar-refractivity contribution in [3.8, 4) is 0 Å². The van der Waals surface area contributed by atoms with E-state index < -0.39 is 0 Å². The van der Waals surface area contributed by atoms with Crippen molar-refractivity contribution in [1.82, 2.24) is 14.5 Å². The zero-order valence-corrected chi connectivity index (χ0v) is 11.0. The number of nitrogens with zero attached hydrogens (tertiary/aromatic N) is 3. The van der Waals surface area contributed by atoms with Crippen LogP contribution >= 0.6 is 0 Å². The Morgan fingerprint density at radius 1 is 1.24 bits per heavy atom. The number of aryl methyl sites for hydroxylation is 1. The number of likely N-dealkylation sites (tertiary alicyclic amines) is 1. The monoisotopic (exact) mass is 233 g/mol. The Hall–Kier alpha value is -0.830. The van der Waals surface area contributed by atoms with E-state index in [2.05, 4.69) is 29.6 Å². The maximum atomic E-state index is 4.90. The average molecular weight is 233 g/mol. The van der Waals surface area contributed by atoms with Crippen molar-refractivity contribution in [2.45, 2.75) is 51.6 Å². The van der Waals surface area contributed by atoms with Gasteiger partial charge in [-0.05, 0) is 38.8 Å². The third kappa shape index (κ3) is 2.13. The van der Waals surface area contributed by atoms with Gasteiger partial charge < -0.3 is 4.57 Å². The molecule has 0 saturated carbocycles. The van der Waals surface area contributed by atoms with Gasteiger partial charge in [-0.15, -0.1) is 0 Å². The number of imidazole rings is 1. The van der Waals surface area contributed by atoms with E-state index in [1.54, 1.807) is 0 Å². The molecule has 2 aliphatic rings. The molecule has 2 atom stereocenters. The van der Waals surface area contributed by atoms with Gasteiger partial charge in [-0.2, -0.15) is 0 Å². The van der Waals surface area contributed by atoms with Crippen LogP contribution in [0.1, 0.15) is 50.2 Å². The molecule has 0 spiro atoms. The molecule has 1 saturated heterocycles. The maximum Gasteiger partial charge on any atom is 0.109 e. The summed E-state index contributed by atoms with van der Waals surface area (Å²) in [5.74, 6) is 2.12. The van der Waals surface area contributed by atoms with E-state index in [1.807, 2.05) is 0 Å². The Labute approximate surface area is 104 Å². The molecule has 0 radical (unpaired) electrons. The standard InChI is InChI=1S/C14H23N3/c1-11-6-8-17-10-12(15-14(17)9-11)13-5-3-4-7-16(13)2/h10-11,13H,3-9H2,1-2H3. The zero-order chi connectivity index (χ0) is 11.8. The summed E-state index contributed by atoms with van der Waals surface area (Å²) >= 11 is 0. The lowest BCUT2D eigenvalue weighted by atomic mass is 10.0. The quantitative estimate of drug-likeness (QED) is 0.743. The molecular weight excluding hydrogens is 210 g/mol. The number of rotatable bonds is 1. The fraction of sp³-hybridized carbons (Fsp3) is 0.786. The minimum Gasteiger partial charge on any atom is -0.335 e. The molecule has 3 heterocycles. The highest BCUT2D eigenvalue weighted by atomic mass is 15.2. The first kappa shape index (κ1) is 11.3. The molecule has 2 unspecified atom stereocenters. The third-order valence-electron chi connectivity index (χ3n) is 4.38. The zero-order valence-electron chi connectivity index (χ0n) is 11.0. The molecule has 0 amide bonds. The highest BCUT2D eigenvalue weighted by Gasteiger charge is 2.25. The molecule has 94 valence electrons. The van der Waals surface area contributed by atoms with Crippen molar-refractivity contribution in [3.05, 3.63) is 17.7 Å². The van der Waals surface area contributed by atoms with Crippen LogP contribution in [0, 0.1) is 5.92 Å². The van der Waals surface area contributed by atoms with E-state index in [1.165, 1.54) is 50.3 Å². The third-order valence-corrected chi connectivity index (χ3v) is 4.38. The Bertz CT molecular complexity index is 396. The molecular formula is C14H23N3. The van der Waals surface area contributed by atoms with Crippen LogP contribution in [0.25, 0.3) is 0 Å². The second kappa shape index (κ2) is 4.45. The van der Waals surface area contributed by atoms with Gasteiger partial charge in [0.25, 0.3) is 0 Å². The Balaban J connectivity index is 1.84. The molecule has 3 rings (SSSR count). The minimum absolute atomic E-state index is 0.567. The number of fused-ring (bicyclic) bond motifs is 1. The highest BCUT2D eigenvalue weighted by molar-refractivity contribution is 5.11. The number of aromatic nitrogens is 2. The fourth-order valence-electron chi connectivity index (χ4n) is 3.22. The lowest BCUT2D eigenvalue weighted by Crippen LogP contribution is -2.29. The molecule has 0 aromatic carbocycles. The summed E-state index contributed by atoms with van der Waals surface area (Å²) in [5, 5.41) is 0. The van der Waals surface area contributed by atoms with Crippen LogP contribution in [-0.2, 0) is 13.0 Å². The van der Waals surface area contributed by atoms with Crippen LogP contribution in [-0.4, -0.2) is 28.0 Å². The topological polar surface area (TPSA) is 21.1 Å². The van der Waals surface area contributed by atoms with Gasteiger partial charge in [-0.25, -0.2) is 4.98 Å². The summed E-state index contributed by atoms with van der Waals surface area (Å²) in [6.45, 7) is 4.73. The van der Waals surface area contributed by atoms with E-state index in [4.69, 9.17) is 4.98 Å². The lowest BCUT2D eigenvalue weighted by molar-refractivity contribution is 0.184. The summed E-state index contributed by atoms with van der Waals surface area (Å²) in [6, 6.07) is 0.567. The smallest absolute Gasteiger partial charge is 0.109 e. The molecule has 3 heteroatoms. The van der Waals surface area contributed by atoms with Gasteiger partial charge in [-0.1, -0.05) is 13.3 Å². The van der Waals surface area contributed by atoms with Crippen molar-refractivity contribution in [1.29, 1.82) is 0 Å². The molecule has 1 aromatic heterocycles. The Kier molecular flexibility index (Phi) is 2.95. The average Bonchev–Trinajstić information content (AvgIpc) is 2.72. The highest BCUT2D eigenvalue weighted by Crippen LogP contribution is 2.30. The van der Waals surface area contributed by atoms with Crippen LogP contribution in [0.15, 0.2) is 6.20 Å². The predicted octanol–water partition coefficient (Wildman–Crippen LogP) is 2.62. The van der Waals surface area contributed by atoms with Gasteiger partial charge in [0.2, 0.25) is 0 Å². The van der Waals surface area contributed by atoms with Gasteiger partial charge >= 0.3 is 0 Å². The first-order chi connectivity index (χ1) is 8.24.